The van der Waals surface area contributed by atoms with Gasteiger partial charge in [-0.1, -0.05) is 12.1 Å². The standard InChI is InChI=1S/C24H23N7O.C23H21N7O/c1-14-8-15(2)20(27-11-14)12-28-18-4-5-26-24(32)21(18)23-29-19-10-17(31-7-6-25-13-31)9-16(3)22(19)30-23;1-14-4-3-6-25-19(14)12-27-17-5-7-26-23(31)20(17)22-28-18-11-16(30-9-8-24-13-30)10-15(2)21(18)29-22/h4-11,13H,12H2,1-3H3,(H,29,30)(H2,26,28,32);3-11,13H,12H2,1-2H3,(H,28,29)(H2,26,27,31). The van der Waals surface area contributed by atoms with Gasteiger partial charge >= 0.3 is 0 Å². The maximum absolute atomic E-state index is 12.8. The molecule has 314 valence electrons. The topological polar surface area (TPSA) is 209 Å². The fourth-order valence-corrected chi connectivity index (χ4v) is 7.61. The Kier molecular flexibility index (Phi) is 10.8. The molecule has 0 atom stereocenters. The Labute approximate surface area is 360 Å². The van der Waals surface area contributed by atoms with E-state index in [2.05, 4.69) is 62.6 Å². The van der Waals surface area contributed by atoms with E-state index in [0.717, 1.165) is 72.6 Å². The largest absolute Gasteiger partial charge is 0.379 e. The van der Waals surface area contributed by atoms with Gasteiger partial charge in [0.2, 0.25) is 0 Å². The molecule has 16 heteroatoms. The molecule has 8 heterocycles. The Balaban J connectivity index is 0.000000160. The zero-order valence-electron chi connectivity index (χ0n) is 35.3. The summed E-state index contributed by atoms with van der Waals surface area (Å²) in [7, 11) is 0. The number of anilines is 2. The predicted molar refractivity (Wildman–Crippen MR) is 245 cm³/mol. The van der Waals surface area contributed by atoms with Crippen LogP contribution in [0, 0.1) is 34.6 Å². The van der Waals surface area contributed by atoms with Gasteiger partial charge in [0.15, 0.2) is 0 Å². The number of H-pyrrole nitrogens is 4. The van der Waals surface area contributed by atoms with E-state index in [1.165, 1.54) is 0 Å². The van der Waals surface area contributed by atoms with Crippen molar-refractivity contribution < 1.29 is 0 Å². The van der Waals surface area contributed by atoms with Crippen molar-refractivity contribution in [2.45, 2.75) is 47.7 Å². The first-order valence-corrected chi connectivity index (χ1v) is 20.3. The first kappa shape index (κ1) is 40.0. The smallest absolute Gasteiger partial charge is 0.261 e. The van der Waals surface area contributed by atoms with Crippen molar-refractivity contribution in [3.63, 3.8) is 0 Å². The lowest BCUT2D eigenvalue weighted by molar-refractivity contribution is 1.01. The number of hydrogen-bond donors (Lipinski definition) is 6. The van der Waals surface area contributed by atoms with Crippen molar-refractivity contribution in [1.82, 2.24) is 59.0 Å². The van der Waals surface area contributed by atoms with Crippen LogP contribution in [0.3, 0.4) is 0 Å². The van der Waals surface area contributed by atoms with Crippen LogP contribution in [0.25, 0.3) is 56.2 Å². The summed E-state index contributed by atoms with van der Waals surface area (Å²) in [5.74, 6) is 1.03. The van der Waals surface area contributed by atoms with Crippen molar-refractivity contribution in [1.29, 1.82) is 0 Å². The maximum atomic E-state index is 12.8. The van der Waals surface area contributed by atoms with Gasteiger partial charge in [-0.05, 0) is 105 Å². The number of nitrogens with zero attached hydrogens (tertiary/aromatic N) is 8. The molecule has 2 aromatic carbocycles. The number of hydrogen-bond acceptors (Lipinski definition) is 10. The molecule has 63 heavy (non-hydrogen) atoms. The second-order valence-electron chi connectivity index (χ2n) is 15.4. The van der Waals surface area contributed by atoms with Gasteiger partial charge in [-0.3, -0.25) is 19.6 Å². The molecule has 10 aromatic rings. The van der Waals surface area contributed by atoms with Crippen LogP contribution in [0.2, 0.25) is 0 Å². The van der Waals surface area contributed by atoms with Gasteiger partial charge in [0.1, 0.15) is 22.8 Å². The number of aryl methyl sites for hydroxylation is 5. The molecule has 0 radical (unpaired) electrons. The molecule has 6 N–H and O–H groups in total. The Bertz CT molecular complexity index is 3360. The van der Waals surface area contributed by atoms with Gasteiger partial charge in [-0.15, -0.1) is 0 Å². The summed E-state index contributed by atoms with van der Waals surface area (Å²) in [6.07, 6.45) is 17.6. The fourth-order valence-electron chi connectivity index (χ4n) is 7.61. The van der Waals surface area contributed by atoms with Crippen LogP contribution in [-0.4, -0.2) is 59.0 Å². The van der Waals surface area contributed by atoms with Crippen molar-refractivity contribution in [3.8, 4) is 34.2 Å². The number of imidazole rings is 4. The highest BCUT2D eigenvalue weighted by molar-refractivity contribution is 5.87. The Morgan fingerprint density at radius 1 is 0.587 bits per heavy atom. The molecule has 0 aliphatic rings. The third kappa shape index (κ3) is 8.24. The van der Waals surface area contributed by atoms with Crippen LogP contribution in [0.5, 0.6) is 0 Å². The lowest BCUT2D eigenvalue weighted by Crippen LogP contribution is -2.13. The Morgan fingerprint density at radius 2 is 1.11 bits per heavy atom. The molecule has 0 saturated carbocycles. The minimum absolute atomic E-state index is 0.213. The number of aromatic amines is 4. The van der Waals surface area contributed by atoms with E-state index in [4.69, 9.17) is 9.97 Å². The summed E-state index contributed by atoms with van der Waals surface area (Å²) in [6, 6.07) is 17.8. The summed E-state index contributed by atoms with van der Waals surface area (Å²) in [5.41, 5.74) is 14.4. The van der Waals surface area contributed by atoms with E-state index in [1.54, 1.807) is 43.6 Å². The monoisotopic (exact) mass is 836 g/mol. The van der Waals surface area contributed by atoms with Crippen molar-refractivity contribution in [2.24, 2.45) is 0 Å². The number of benzene rings is 2. The average Bonchev–Trinajstić information content (AvgIpc) is 4.11. The van der Waals surface area contributed by atoms with E-state index >= 15 is 0 Å². The van der Waals surface area contributed by atoms with E-state index in [0.29, 0.717) is 47.2 Å². The minimum atomic E-state index is -0.214. The zero-order valence-corrected chi connectivity index (χ0v) is 35.3. The molecular weight excluding hydrogens is 793 g/mol. The van der Waals surface area contributed by atoms with E-state index in [9.17, 15) is 9.59 Å². The first-order valence-electron chi connectivity index (χ1n) is 20.3. The maximum Gasteiger partial charge on any atom is 0.261 e. The van der Waals surface area contributed by atoms with Crippen LogP contribution in [0.4, 0.5) is 11.4 Å². The number of nitrogens with one attached hydrogen (secondary N) is 6. The Morgan fingerprint density at radius 3 is 1.59 bits per heavy atom. The SMILES string of the molecule is Cc1cccnc1CNc1cc[nH]c(=O)c1-c1nc2c(C)cc(-n3ccnc3)cc2[nH]1.Cc1cnc(CNc2cc[nH]c(=O)c2-c2nc3c(C)cc(-n4ccnc4)cc3[nH]2)c(C)c1. The summed E-state index contributed by atoms with van der Waals surface area (Å²) in [5, 5.41) is 6.71. The second kappa shape index (κ2) is 16.9. The molecule has 0 amide bonds. The van der Waals surface area contributed by atoms with E-state index in [-0.39, 0.29) is 11.1 Å². The van der Waals surface area contributed by atoms with Crippen LogP contribution < -0.4 is 21.8 Å². The van der Waals surface area contributed by atoms with E-state index in [1.807, 2.05) is 105 Å². The third-order valence-electron chi connectivity index (χ3n) is 10.9. The van der Waals surface area contributed by atoms with Crippen LogP contribution in [-0.2, 0) is 13.1 Å². The molecule has 0 saturated heterocycles. The molecule has 16 nitrogen and oxygen atoms in total. The molecule has 0 spiro atoms. The number of fused-ring (bicyclic) bond motifs is 2. The highest BCUT2D eigenvalue weighted by Crippen LogP contribution is 2.30. The lowest BCUT2D eigenvalue weighted by Gasteiger charge is -2.11. The van der Waals surface area contributed by atoms with Crippen molar-refractivity contribution in [2.75, 3.05) is 10.6 Å². The molecule has 10 rings (SSSR count). The molecule has 8 aromatic heterocycles. The van der Waals surface area contributed by atoms with Crippen molar-refractivity contribution in [3.05, 3.63) is 177 Å². The normalized spacial score (nSPS) is 11.2. The second-order valence-corrected chi connectivity index (χ2v) is 15.4. The van der Waals surface area contributed by atoms with Gasteiger partial charge in [0.25, 0.3) is 11.1 Å². The Hall–Kier alpha value is -8.40. The minimum Gasteiger partial charge on any atom is -0.379 e. The lowest BCUT2D eigenvalue weighted by atomic mass is 10.1. The van der Waals surface area contributed by atoms with Crippen molar-refractivity contribution >= 4 is 33.4 Å². The summed E-state index contributed by atoms with van der Waals surface area (Å²) in [4.78, 5) is 64.4. The summed E-state index contributed by atoms with van der Waals surface area (Å²) in [6.45, 7) is 11.1. The quantitative estimate of drug-likeness (QED) is 0.0789. The molecule has 0 aliphatic heterocycles. The fraction of sp³-hybridized carbons (Fsp3) is 0.149. The van der Waals surface area contributed by atoms with Gasteiger partial charge in [-0.25, -0.2) is 19.9 Å². The third-order valence-corrected chi connectivity index (χ3v) is 10.9. The van der Waals surface area contributed by atoms with Gasteiger partial charge in [-0.2, -0.15) is 0 Å². The van der Waals surface area contributed by atoms with Crippen LogP contribution in [0.1, 0.15) is 39.2 Å². The summed E-state index contributed by atoms with van der Waals surface area (Å²) < 4.78 is 3.87. The highest BCUT2D eigenvalue weighted by atomic mass is 16.1. The zero-order chi connectivity index (χ0) is 43.6. The highest BCUT2D eigenvalue weighted by Gasteiger charge is 2.18. The van der Waals surface area contributed by atoms with Gasteiger partial charge in [0.05, 0.1) is 70.6 Å². The molecule has 0 unspecified atom stereocenters. The van der Waals surface area contributed by atoms with Crippen LogP contribution >= 0.6 is 0 Å². The van der Waals surface area contributed by atoms with Gasteiger partial charge in [0, 0.05) is 60.9 Å². The molecular formula is C47H44N14O2. The predicted octanol–water partition coefficient (Wildman–Crippen LogP) is 7.76. The first-order chi connectivity index (χ1) is 30.6. The number of aromatic nitrogens is 12. The molecule has 0 bridgehead atoms. The molecule has 0 aliphatic carbocycles. The number of pyridine rings is 4. The summed E-state index contributed by atoms with van der Waals surface area (Å²) >= 11 is 0. The van der Waals surface area contributed by atoms with Crippen LogP contribution in [0.15, 0.2) is 126 Å². The van der Waals surface area contributed by atoms with E-state index < -0.39 is 0 Å². The average molecular weight is 837 g/mol. The van der Waals surface area contributed by atoms with Gasteiger partial charge < -0.3 is 39.7 Å². The number of rotatable bonds is 10. The molecule has 0 fully saturated rings.